The number of aliphatic hydroxyl groups excluding tert-OH is 1. The van der Waals surface area contributed by atoms with Crippen molar-refractivity contribution in [3.8, 4) is 0 Å². The molecule has 0 aromatic carbocycles. The summed E-state index contributed by atoms with van der Waals surface area (Å²) in [7, 11) is 0. The number of hydrogen-bond donors (Lipinski definition) is 1. The van der Waals surface area contributed by atoms with E-state index in [0.717, 1.165) is 49.5 Å². The Hall–Kier alpha value is -2.32. The molecule has 3 aromatic rings. The van der Waals surface area contributed by atoms with E-state index in [2.05, 4.69) is 33.1 Å². The van der Waals surface area contributed by atoms with Crippen LogP contribution in [0.4, 0.5) is 0 Å². The van der Waals surface area contributed by atoms with Gasteiger partial charge in [-0.1, -0.05) is 0 Å². The van der Waals surface area contributed by atoms with Crippen LogP contribution in [-0.4, -0.2) is 58.6 Å². The fraction of sp³-hybridized carbons (Fsp3) is 0.579. The van der Waals surface area contributed by atoms with Gasteiger partial charge in [-0.25, -0.2) is 19.2 Å². The molecule has 4 heterocycles. The number of likely N-dealkylation sites (tertiary alicyclic amines) is 1. The monoisotopic (exact) mass is 367 g/mol. The van der Waals surface area contributed by atoms with Gasteiger partial charge >= 0.3 is 0 Å². The minimum Gasteiger partial charge on any atom is -0.391 e. The Morgan fingerprint density at radius 2 is 1.96 bits per heavy atom. The summed E-state index contributed by atoms with van der Waals surface area (Å²) in [4.78, 5) is 11.2. The normalized spacial score (nSPS) is 28.7. The van der Waals surface area contributed by atoms with Crippen molar-refractivity contribution in [1.29, 1.82) is 0 Å². The van der Waals surface area contributed by atoms with Crippen molar-refractivity contribution in [2.45, 2.75) is 45.4 Å². The van der Waals surface area contributed by atoms with Crippen molar-refractivity contribution in [2.75, 3.05) is 13.1 Å². The van der Waals surface area contributed by atoms with Crippen LogP contribution in [0.5, 0.6) is 0 Å². The fourth-order valence-electron chi connectivity index (χ4n) is 4.97. The van der Waals surface area contributed by atoms with Crippen LogP contribution in [0.3, 0.4) is 0 Å². The van der Waals surface area contributed by atoms with Crippen LogP contribution in [0.25, 0.3) is 5.65 Å². The lowest BCUT2D eigenvalue weighted by molar-refractivity contribution is 0.0304. The largest absolute Gasteiger partial charge is 0.391 e. The molecule has 0 spiro atoms. The van der Waals surface area contributed by atoms with Gasteiger partial charge in [-0.2, -0.15) is 10.2 Å². The zero-order chi connectivity index (χ0) is 18.5. The molecule has 0 radical (unpaired) electrons. The Morgan fingerprint density at radius 1 is 1.15 bits per heavy atom. The van der Waals surface area contributed by atoms with Gasteiger partial charge in [0.25, 0.3) is 0 Å². The molecule has 1 N–H and O–H groups in total. The highest BCUT2D eigenvalue weighted by Gasteiger charge is 2.42. The first-order valence-electron chi connectivity index (χ1n) is 9.64. The molecule has 8 nitrogen and oxygen atoms in total. The molecule has 0 bridgehead atoms. The van der Waals surface area contributed by atoms with Crippen LogP contribution in [-0.2, 0) is 6.54 Å². The van der Waals surface area contributed by atoms with Crippen molar-refractivity contribution in [3.63, 3.8) is 0 Å². The number of aliphatic hydroxyl groups is 1. The lowest BCUT2D eigenvalue weighted by atomic mass is 9.77. The first-order valence-corrected chi connectivity index (χ1v) is 9.64. The first kappa shape index (κ1) is 16.8. The third-order valence-corrected chi connectivity index (χ3v) is 6.21. The van der Waals surface area contributed by atoms with Crippen LogP contribution in [0.1, 0.15) is 35.8 Å². The van der Waals surface area contributed by atoms with Gasteiger partial charge in [-0.3, -0.25) is 4.90 Å². The molecule has 1 saturated heterocycles. The first-order chi connectivity index (χ1) is 13.1. The summed E-state index contributed by atoms with van der Waals surface area (Å²) >= 11 is 0. The molecule has 2 fully saturated rings. The lowest BCUT2D eigenvalue weighted by Crippen LogP contribution is -2.36. The van der Waals surface area contributed by atoms with Gasteiger partial charge in [0, 0.05) is 36.6 Å². The molecule has 4 atom stereocenters. The number of nitrogens with zero attached hydrogens (tertiary/aromatic N) is 7. The van der Waals surface area contributed by atoms with Crippen molar-refractivity contribution in [1.82, 2.24) is 34.3 Å². The number of aromatic nitrogens is 6. The van der Waals surface area contributed by atoms with Gasteiger partial charge in [0.15, 0.2) is 5.65 Å². The summed E-state index contributed by atoms with van der Waals surface area (Å²) in [5, 5.41) is 19.4. The number of hydrogen-bond acceptors (Lipinski definition) is 6. The minimum atomic E-state index is -0.350. The van der Waals surface area contributed by atoms with Crippen LogP contribution in [0.2, 0.25) is 0 Å². The van der Waals surface area contributed by atoms with Gasteiger partial charge in [0.1, 0.15) is 12.7 Å². The van der Waals surface area contributed by atoms with Crippen molar-refractivity contribution in [2.24, 2.45) is 11.8 Å². The van der Waals surface area contributed by atoms with Crippen molar-refractivity contribution >= 4 is 5.65 Å². The second-order valence-electron chi connectivity index (χ2n) is 8.14. The Labute approximate surface area is 157 Å². The molecule has 5 rings (SSSR count). The fourth-order valence-corrected chi connectivity index (χ4v) is 4.97. The quantitative estimate of drug-likeness (QED) is 0.753. The third-order valence-electron chi connectivity index (χ3n) is 6.21. The second-order valence-corrected chi connectivity index (χ2v) is 8.14. The predicted molar refractivity (Wildman–Crippen MR) is 99.0 cm³/mol. The van der Waals surface area contributed by atoms with E-state index in [1.165, 1.54) is 5.56 Å². The molecule has 1 aliphatic carbocycles. The number of aryl methyl sites for hydroxylation is 2. The average Bonchev–Trinajstić information content (AvgIpc) is 3.34. The molecule has 0 amide bonds. The Morgan fingerprint density at radius 3 is 2.74 bits per heavy atom. The number of rotatable bonds is 3. The SMILES string of the molecule is Cc1cc(C)n2ncc(CN3C[C@H]4C[C@@H](n5cncn5)[C@H](O)C[C@H]4C3)c2n1. The van der Waals surface area contributed by atoms with E-state index in [-0.39, 0.29) is 12.1 Å². The lowest BCUT2D eigenvalue weighted by Gasteiger charge is -2.35. The molecule has 27 heavy (non-hydrogen) atoms. The van der Waals surface area contributed by atoms with E-state index >= 15 is 0 Å². The van der Waals surface area contributed by atoms with Crippen LogP contribution >= 0.6 is 0 Å². The maximum atomic E-state index is 10.6. The molecule has 142 valence electrons. The van der Waals surface area contributed by atoms with Crippen molar-refractivity contribution in [3.05, 3.63) is 41.9 Å². The standard InChI is InChI=1S/C19H25N7O/c1-12-3-13(2)26-19(23-12)16(6-21-26)9-24-7-14-4-17(25-11-20-10-22-25)18(27)5-15(14)8-24/h3,6,10-11,14-15,17-18,27H,4-5,7-9H2,1-2H3/t14-,15+,17-,18-/m1/s1. The van der Waals surface area contributed by atoms with Gasteiger partial charge < -0.3 is 5.11 Å². The smallest absolute Gasteiger partial charge is 0.159 e. The van der Waals surface area contributed by atoms with Gasteiger partial charge in [-0.15, -0.1) is 0 Å². The highest BCUT2D eigenvalue weighted by Crippen LogP contribution is 2.41. The minimum absolute atomic E-state index is 0.0395. The predicted octanol–water partition coefficient (Wildman–Crippen LogP) is 1.38. The van der Waals surface area contributed by atoms with Crippen LogP contribution in [0.15, 0.2) is 24.9 Å². The summed E-state index contributed by atoms with van der Waals surface area (Å²) in [5.74, 6) is 1.12. The van der Waals surface area contributed by atoms with Crippen LogP contribution < -0.4 is 0 Å². The molecule has 0 unspecified atom stereocenters. The van der Waals surface area contributed by atoms with E-state index in [0.29, 0.717) is 11.8 Å². The Kier molecular flexibility index (Phi) is 3.98. The van der Waals surface area contributed by atoms with Crippen molar-refractivity contribution < 1.29 is 5.11 Å². The van der Waals surface area contributed by atoms with E-state index < -0.39 is 0 Å². The van der Waals surface area contributed by atoms with E-state index in [4.69, 9.17) is 4.98 Å². The van der Waals surface area contributed by atoms with E-state index in [1.807, 2.05) is 22.3 Å². The maximum absolute atomic E-state index is 10.6. The van der Waals surface area contributed by atoms with Gasteiger partial charge in [0.05, 0.1) is 18.3 Å². The van der Waals surface area contributed by atoms with Gasteiger partial charge in [0.2, 0.25) is 0 Å². The summed E-state index contributed by atoms with van der Waals surface area (Å²) in [6.45, 7) is 7.02. The molecular formula is C19H25N7O. The zero-order valence-corrected chi connectivity index (χ0v) is 15.7. The summed E-state index contributed by atoms with van der Waals surface area (Å²) in [6, 6.07) is 2.09. The highest BCUT2D eigenvalue weighted by molar-refractivity contribution is 5.47. The molecule has 2 aliphatic rings. The summed E-state index contributed by atoms with van der Waals surface area (Å²) in [6.07, 6.45) is 6.65. The molecule has 8 heteroatoms. The molecular weight excluding hydrogens is 342 g/mol. The third kappa shape index (κ3) is 2.93. The Balaban J connectivity index is 1.33. The highest BCUT2D eigenvalue weighted by atomic mass is 16.3. The van der Waals surface area contributed by atoms with E-state index in [9.17, 15) is 5.11 Å². The Bertz CT molecular complexity index is 951. The van der Waals surface area contributed by atoms with E-state index in [1.54, 1.807) is 12.7 Å². The van der Waals surface area contributed by atoms with Crippen LogP contribution in [0, 0.1) is 25.7 Å². The summed E-state index contributed by atoms with van der Waals surface area (Å²) in [5.41, 5.74) is 4.27. The molecule has 3 aromatic heterocycles. The molecule has 1 aliphatic heterocycles. The molecule has 1 saturated carbocycles. The topological polar surface area (TPSA) is 84.4 Å². The van der Waals surface area contributed by atoms with Gasteiger partial charge in [-0.05, 0) is 44.6 Å². The number of fused-ring (bicyclic) bond motifs is 2. The second kappa shape index (κ2) is 6.38. The maximum Gasteiger partial charge on any atom is 0.159 e. The summed E-state index contributed by atoms with van der Waals surface area (Å²) < 4.78 is 3.75. The average molecular weight is 367 g/mol. The zero-order valence-electron chi connectivity index (χ0n) is 15.7.